The lowest BCUT2D eigenvalue weighted by molar-refractivity contribution is -0.136. The van der Waals surface area contributed by atoms with E-state index in [0.29, 0.717) is 12.5 Å². The molecule has 1 aromatic carbocycles. The standard InChI is InChI=1S/C20H30N2O2S/c21-13-6-16-24-17-9-14-22(15-10-17)19(23)20(11-4-5-12-20)25-18-7-2-1-3-8-18/h1-3,7-8,17H,4-6,9-16,21H2. The van der Waals surface area contributed by atoms with Crippen LogP contribution in [-0.4, -0.2) is 47.9 Å². The summed E-state index contributed by atoms with van der Waals surface area (Å²) in [5.41, 5.74) is 5.52. The Morgan fingerprint density at radius 2 is 1.88 bits per heavy atom. The van der Waals surface area contributed by atoms with Crippen LogP contribution in [-0.2, 0) is 9.53 Å². The molecule has 0 aromatic heterocycles. The van der Waals surface area contributed by atoms with Crippen molar-refractivity contribution in [1.82, 2.24) is 4.90 Å². The van der Waals surface area contributed by atoms with Crippen LogP contribution < -0.4 is 5.73 Å². The summed E-state index contributed by atoms with van der Waals surface area (Å²) in [5.74, 6) is 0.347. The molecule has 0 radical (unpaired) electrons. The second-order valence-corrected chi connectivity index (χ2v) is 8.58. The van der Waals surface area contributed by atoms with Crippen molar-refractivity contribution in [3.63, 3.8) is 0 Å². The lowest BCUT2D eigenvalue weighted by Gasteiger charge is -2.38. The summed E-state index contributed by atoms with van der Waals surface area (Å²) in [6.07, 6.45) is 7.41. The summed E-state index contributed by atoms with van der Waals surface area (Å²) in [5, 5.41) is 0. The molecule has 0 bridgehead atoms. The van der Waals surface area contributed by atoms with Gasteiger partial charge in [0.15, 0.2) is 0 Å². The molecule has 2 aliphatic rings. The molecule has 1 aromatic rings. The Balaban J connectivity index is 1.58. The summed E-state index contributed by atoms with van der Waals surface area (Å²) in [6, 6.07) is 10.4. The maximum atomic E-state index is 13.3. The Labute approximate surface area is 155 Å². The molecule has 1 aliphatic heterocycles. The number of thioether (sulfide) groups is 1. The molecule has 1 saturated carbocycles. The zero-order valence-electron chi connectivity index (χ0n) is 15.0. The Kier molecular flexibility index (Phi) is 6.79. The number of rotatable bonds is 7. The van der Waals surface area contributed by atoms with Gasteiger partial charge in [-0.15, -0.1) is 11.8 Å². The van der Waals surface area contributed by atoms with Crippen LogP contribution in [0, 0.1) is 0 Å². The molecule has 5 heteroatoms. The number of carbonyl (C=O) groups excluding carboxylic acids is 1. The molecule has 1 amide bonds. The minimum absolute atomic E-state index is 0.255. The summed E-state index contributed by atoms with van der Waals surface area (Å²) in [4.78, 5) is 16.6. The van der Waals surface area contributed by atoms with E-state index in [1.54, 1.807) is 11.8 Å². The number of benzene rings is 1. The van der Waals surface area contributed by atoms with Crippen molar-refractivity contribution in [2.24, 2.45) is 5.73 Å². The average Bonchev–Trinajstić information content (AvgIpc) is 3.12. The van der Waals surface area contributed by atoms with Gasteiger partial charge in [0.25, 0.3) is 0 Å². The van der Waals surface area contributed by atoms with Gasteiger partial charge in [-0.1, -0.05) is 31.0 Å². The van der Waals surface area contributed by atoms with Crippen LogP contribution in [0.2, 0.25) is 0 Å². The van der Waals surface area contributed by atoms with Gasteiger partial charge < -0.3 is 15.4 Å². The summed E-state index contributed by atoms with van der Waals surface area (Å²) >= 11 is 1.78. The Morgan fingerprint density at radius 3 is 2.52 bits per heavy atom. The molecular weight excluding hydrogens is 332 g/mol. The monoisotopic (exact) mass is 362 g/mol. The minimum atomic E-state index is -0.255. The largest absolute Gasteiger partial charge is 0.378 e. The molecule has 4 nitrogen and oxygen atoms in total. The Hall–Kier alpha value is -1.04. The Bertz CT molecular complexity index is 538. The smallest absolute Gasteiger partial charge is 0.239 e. The van der Waals surface area contributed by atoms with Crippen molar-refractivity contribution < 1.29 is 9.53 Å². The predicted octanol–water partition coefficient (Wildman–Crippen LogP) is 3.45. The number of hydrogen-bond donors (Lipinski definition) is 1. The lowest BCUT2D eigenvalue weighted by atomic mass is 10.0. The highest BCUT2D eigenvalue weighted by atomic mass is 32.2. The highest BCUT2D eigenvalue weighted by Gasteiger charge is 2.45. The number of piperidine rings is 1. The molecule has 138 valence electrons. The molecule has 1 aliphatic carbocycles. The SMILES string of the molecule is NCCCOC1CCN(C(=O)C2(Sc3ccccc3)CCCC2)CC1. The fourth-order valence-electron chi connectivity index (χ4n) is 3.87. The highest BCUT2D eigenvalue weighted by Crippen LogP contribution is 2.46. The van der Waals surface area contributed by atoms with Crippen LogP contribution in [0.25, 0.3) is 0 Å². The summed E-state index contributed by atoms with van der Waals surface area (Å²) < 4.78 is 5.62. The van der Waals surface area contributed by atoms with E-state index in [2.05, 4.69) is 29.2 Å². The fourth-order valence-corrected chi connectivity index (χ4v) is 5.32. The third-order valence-corrected chi connectivity index (χ3v) is 6.77. The molecule has 2 N–H and O–H groups in total. The quantitative estimate of drug-likeness (QED) is 0.755. The van der Waals surface area contributed by atoms with Gasteiger partial charge >= 0.3 is 0 Å². The number of nitrogens with two attached hydrogens (primary N) is 1. The number of likely N-dealkylation sites (tertiary alicyclic amines) is 1. The lowest BCUT2D eigenvalue weighted by Crippen LogP contribution is -2.49. The normalized spacial score (nSPS) is 20.8. The van der Waals surface area contributed by atoms with E-state index < -0.39 is 0 Å². The first-order valence-electron chi connectivity index (χ1n) is 9.59. The number of hydrogen-bond acceptors (Lipinski definition) is 4. The second-order valence-electron chi connectivity index (χ2n) is 7.12. The zero-order valence-corrected chi connectivity index (χ0v) is 15.8. The van der Waals surface area contributed by atoms with E-state index >= 15 is 0 Å². The van der Waals surface area contributed by atoms with Crippen molar-refractivity contribution in [1.29, 1.82) is 0 Å². The second kappa shape index (κ2) is 9.06. The van der Waals surface area contributed by atoms with Crippen molar-refractivity contribution in [2.45, 2.75) is 60.7 Å². The Morgan fingerprint density at radius 1 is 1.20 bits per heavy atom. The molecule has 1 saturated heterocycles. The van der Waals surface area contributed by atoms with E-state index in [-0.39, 0.29) is 10.9 Å². The van der Waals surface area contributed by atoms with Crippen LogP contribution in [0.3, 0.4) is 0 Å². The zero-order chi connectivity index (χ0) is 17.5. The van der Waals surface area contributed by atoms with Gasteiger partial charge in [0, 0.05) is 24.6 Å². The molecule has 3 rings (SSSR count). The van der Waals surface area contributed by atoms with E-state index in [0.717, 1.165) is 64.6 Å². The van der Waals surface area contributed by atoms with E-state index in [4.69, 9.17) is 10.5 Å². The highest BCUT2D eigenvalue weighted by molar-refractivity contribution is 8.01. The first-order chi connectivity index (χ1) is 12.2. The molecule has 25 heavy (non-hydrogen) atoms. The number of nitrogens with zero attached hydrogens (tertiary/aromatic N) is 1. The van der Waals surface area contributed by atoms with E-state index in [1.807, 2.05) is 6.07 Å². The van der Waals surface area contributed by atoms with Crippen molar-refractivity contribution >= 4 is 17.7 Å². The summed E-state index contributed by atoms with van der Waals surface area (Å²) in [7, 11) is 0. The van der Waals surface area contributed by atoms with Crippen molar-refractivity contribution in [3.05, 3.63) is 30.3 Å². The van der Waals surface area contributed by atoms with Crippen LogP contribution in [0.4, 0.5) is 0 Å². The van der Waals surface area contributed by atoms with Crippen LogP contribution in [0.5, 0.6) is 0 Å². The van der Waals surface area contributed by atoms with Gasteiger partial charge in [-0.05, 0) is 50.8 Å². The van der Waals surface area contributed by atoms with Gasteiger partial charge in [0.2, 0.25) is 5.91 Å². The number of ether oxygens (including phenoxy) is 1. The average molecular weight is 363 g/mol. The fraction of sp³-hybridized carbons (Fsp3) is 0.650. The molecule has 0 unspecified atom stereocenters. The molecular formula is C20H30N2O2S. The van der Waals surface area contributed by atoms with Crippen LogP contribution >= 0.6 is 11.8 Å². The first kappa shape index (κ1) is 18.7. The molecule has 1 heterocycles. The topological polar surface area (TPSA) is 55.6 Å². The van der Waals surface area contributed by atoms with Crippen LogP contribution in [0.15, 0.2) is 35.2 Å². The van der Waals surface area contributed by atoms with Gasteiger partial charge in [0.1, 0.15) is 0 Å². The first-order valence-corrected chi connectivity index (χ1v) is 10.4. The summed E-state index contributed by atoms with van der Waals surface area (Å²) in [6.45, 7) is 3.06. The van der Waals surface area contributed by atoms with Crippen molar-refractivity contribution in [3.8, 4) is 0 Å². The van der Waals surface area contributed by atoms with Crippen LogP contribution in [0.1, 0.15) is 44.9 Å². The van der Waals surface area contributed by atoms with E-state index in [1.165, 1.54) is 4.90 Å². The van der Waals surface area contributed by atoms with Gasteiger partial charge in [-0.3, -0.25) is 4.79 Å². The number of amides is 1. The third kappa shape index (κ3) is 4.78. The van der Waals surface area contributed by atoms with Gasteiger partial charge in [-0.2, -0.15) is 0 Å². The molecule has 0 atom stereocenters. The maximum Gasteiger partial charge on any atom is 0.239 e. The predicted molar refractivity (Wildman–Crippen MR) is 103 cm³/mol. The third-order valence-electron chi connectivity index (χ3n) is 5.29. The van der Waals surface area contributed by atoms with Crippen molar-refractivity contribution in [2.75, 3.05) is 26.2 Å². The van der Waals surface area contributed by atoms with Gasteiger partial charge in [0.05, 0.1) is 10.9 Å². The van der Waals surface area contributed by atoms with E-state index in [9.17, 15) is 4.79 Å². The molecule has 0 spiro atoms. The maximum absolute atomic E-state index is 13.3. The number of carbonyl (C=O) groups is 1. The van der Waals surface area contributed by atoms with Gasteiger partial charge in [-0.25, -0.2) is 0 Å². The molecule has 2 fully saturated rings. The minimum Gasteiger partial charge on any atom is -0.378 e.